The first-order valence-corrected chi connectivity index (χ1v) is 7.76. The molecule has 0 radical (unpaired) electrons. The minimum absolute atomic E-state index is 0.0970. The molecule has 0 saturated carbocycles. The van der Waals surface area contributed by atoms with Crippen LogP contribution in [0.2, 0.25) is 0 Å². The minimum Gasteiger partial charge on any atom is -0.354 e. The highest BCUT2D eigenvalue weighted by Crippen LogP contribution is 2.13. The van der Waals surface area contributed by atoms with Crippen LogP contribution in [-0.2, 0) is 17.6 Å². The number of hydrogen-bond acceptors (Lipinski definition) is 5. The second-order valence-electron chi connectivity index (χ2n) is 5.39. The third-order valence-corrected chi connectivity index (χ3v) is 3.72. The second kappa shape index (κ2) is 7.96. The molecule has 0 bridgehead atoms. The average molecular weight is 322 g/mol. The molecule has 0 fully saturated rings. The zero-order chi connectivity index (χ0) is 16.6. The molecule has 3 rings (SSSR count). The molecule has 24 heavy (non-hydrogen) atoms. The van der Waals surface area contributed by atoms with Crippen molar-refractivity contribution < 1.29 is 4.79 Å². The molecule has 7 heteroatoms. The van der Waals surface area contributed by atoms with Gasteiger partial charge in [0, 0.05) is 25.4 Å². The molecule has 0 aliphatic carbocycles. The summed E-state index contributed by atoms with van der Waals surface area (Å²) in [5.41, 5.74) is 2.19. The summed E-state index contributed by atoms with van der Waals surface area (Å²) in [6.45, 7) is 0.552. The normalized spacial score (nSPS) is 11.8. The van der Waals surface area contributed by atoms with Crippen molar-refractivity contribution in [2.45, 2.75) is 18.9 Å². The molecule has 2 aromatic heterocycles. The largest absolute Gasteiger partial charge is 0.354 e. The Hall–Kier alpha value is -3.09. The van der Waals surface area contributed by atoms with E-state index in [0.717, 1.165) is 17.5 Å². The zero-order valence-corrected chi connectivity index (χ0v) is 13.1. The summed E-state index contributed by atoms with van der Waals surface area (Å²) in [6, 6.07) is 13.2. The third-order valence-electron chi connectivity index (χ3n) is 3.72. The predicted octanol–water partition coefficient (Wildman–Crippen LogP) is 1.21. The predicted molar refractivity (Wildman–Crippen MR) is 88.0 cm³/mol. The fourth-order valence-corrected chi connectivity index (χ4v) is 2.45. The van der Waals surface area contributed by atoms with Crippen LogP contribution < -0.4 is 5.32 Å². The molecular weight excluding hydrogens is 304 g/mol. The Morgan fingerprint density at radius 2 is 1.88 bits per heavy atom. The molecule has 0 aliphatic rings. The van der Waals surface area contributed by atoms with E-state index in [4.69, 9.17) is 0 Å². The van der Waals surface area contributed by atoms with Gasteiger partial charge >= 0.3 is 0 Å². The van der Waals surface area contributed by atoms with Crippen LogP contribution in [0, 0.1) is 0 Å². The van der Waals surface area contributed by atoms with Crippen LogP contribution >= 0.6 is 0 Å². The van der Waals surface area contributed by atoms with Gasteiger partial charge in [0.2, 0.25) is 5.91 Å². The summed E-state index contributed by atoms with van der Waals surface area (Å²) in [6.07, 6.45) is 6.25. The smallest absolute Gasteiger partial charge is 0.245 e. The SMILES string of the molecule is O=C(NCCc1ccncc1)C(Cc1ccccc1)n1cnnn1. The Balaban J connectivity index is 1.63. The van der Waals surface area contributed by atoms with Crippen LogP contribution in [0.25, 0.3) is 0 Å². The molecule has 1 atom stereocenters. The quantitative estimate of drug-likeness (QED) is 0.707. The Bertz CT molecular complexity index is 745. The van der Waals surface area contributed by atoms with E-state index in [1.54, 1.807) is 12.4 Å². The van der Waals surface area contributed by atoms with E-state index in [9.17, 15) is 4.79 Å². The monoisotopic (exact) mass is 322 g/mol. The maximum absolute atomic E-state index is 12.6. The standard InChI is InChI=1S/C17H18N6O/c24-17(19-11-8-14-6-9-18-10-7-14)16(23-13-20-21-22-23)12-15-4-2-1-3-5-15/h1-7,9-10,13,16H,8,11-12H2,(H,19,24). The van der Waals surface area contributed by atoms with Crippen LogP contribution in [0.4, 0.5) is 0 Å². The fraction of sp³-hybridized carbons (Fsp3) is 0.235. The molecule has 0 aliphatic heterocycles. The van der Waals surface area contributed by atoms with Gasteiger partial charge in [0.05, 0.1) is 0 Å². The molecule has 1 amide bonds. The maximum atomic E-state index is 12.6. The first kappa shape index (κ1) is 15.8. The number of nitrogens with zero attached hydrogens (tertiary/aromatic N) is 5. The van der Waals surface area contributed by atoms with Gasteiger partial charge in [-0.2, -0.15) is 0 Å². The van der Waals surface area contributed by atoms with Crippen LogP contribution in [0.15, 0.2) is 61.2 Å². The zero-order valence-electron chi connectivity index (χ0n) is 13.1. The number of aromatic nitrogens is 5. The van der Waals surface area contributed by atoms with Crippen LogP contribution in [0.3, 0.4) is 0 Å². The fourth-order valence-electron chi connectivity index (χ4n) is 2.45. The molecule has 0 saturated heterocycles. The summed E-state index contributed by atoms with van der Waals surface area (Å²) in [5.74, 6) is -0.0970. The molecule has 0 spiro atoms. The first-order chi connectivity index (χ1) is 11.8. The van der Waals surface area contributed by atoms with Crippen LogP contribution in [0.5, 0.6) is 0 Å². The Labute approximate surface area is 139 Å². The van der Waals surface area contributed by atoms with Gasteiger partial charge in [-0.1, -0.05) is 30.3 Å². The number of hydrogen-bond donors (Lipinski definition) is 1. The number of benzene rings is 1. The molecule has 1 N–H and O–H groups in total. The second-order valence-corrected chi connectivity index (χ2v) is 5.39. The molecule has 2 heterocycles. The van der Waals surface area contributed by atoms with Crippen molar-refractivity contribution in [3.63, 3.8) is 0 Å². The Kier molecular flexibility index (Phi) is 5.24. The highest BCUT2D eigenvalue weighted by Gasteiger charge is 2.21. The van der Waals surface area contributed by atoms with Crippen molar-refractivity contribution in [3.05, 3.63) is 72.3 Å². The molecule has 1 aromatic carbocycles. The number of carbonyl (C=O) groups is 1. The van der Waals surface area contributed by atoms with Gasteiger partial charge < -0.3 is 5.32 Å². The van der Waals surface area contributed by atoms with E-state index < -0.39 is 6.04 Å². The van der Waals surface area contributed by atoms with E-state index in [1.807, 2.05) is 42.5 Å². The van der Waals surface area contributed by atoms with Crippen molar-refractivity contribution in [3.8, 4) is 0 Å². The van der Waals surface area contributed by atoms with Crippen molar-refractivity contribution in [2.24, 2.45) is 0 Å². The van der Waals surface area contributed by atoms with Gasteiger partial charge in [0.15, 0.2) is 0 Å². The van der Waals surface area contributed by atoms with Crippen LogP contribution in [0.1, 0.15) is 17.2 Å². The summed E-state index contributed by atoms with van der Waals surface area (Å²) < 4.78 is 1.49. The number of pyridine rings is 1. The van der Waals surface area contributed by atoms with Crippen molar-refractivity contribution >= 4 is 5.91 Å². The molecule has 7 nitrogen and oxygen atoms in total. The van der Waals surface area contributed by atoms with E-state index in [1.165, 1.54) is 11.0 Å². The van der Waals surface area contributed by atoms with E-state index >= 15 is 0 Å². The average Bonchev–Trinajstić information content (AvgIpc) is 3.16. The minimum atomic E-state index is -0.472. The lowest BCUT2D eigenvalue weighted by atomic mass is 10.1. The van der Waals surface area contributed by atoms with E-state index in [2.05, 4.69) is 25.8 Å². The lowest BCUT2D eigenvalue weighted by molar-refractivity contribution is -0.124. The summed E-state index contributed by atoms with van der Waals surface area (Å²) in [7, 11) is 0. The molecular formula is C17H18N6O. The van der Waals surface area contributed by atoms with Gasteiger partial charge in [-0.15, -0.1) is 5.10 Å². The maximum Gasteiger partial charge on any atom is 0.245 e. The van der Waals surface area contributed by atoms with Gasteiger partial charge in [-0.3, -0.25) is 9.78 Å². The highest BCUT2D eigenvalue weighted by molar-refractivity contribution is 5.80. The van der Waals surface area contributed by atoms with Crippen molar-refractivity contribution in [1.29, 1.82) is 0 Å². The number of carbonyl (C=O) groups excluding carboxylic acids is 1. The highest BCUT2D eigenvalue weighted by atomic mass is 16.2. The van der Waals surface area contributed by atoms with Gasteiger partial charge in [0.25, 0.3) is 0 Å². The van der Waals surface area contributed by atoms with E-state index in [-0.39, 0.29) is 5.91 Å². The first-order valence-electron chi connectivity index (χ1n) is 7.76. The lowest BCUT2D eigenvalue weighted by Gasteiger charge is -2.16. The van der Waals surface area contributed by atoms with Gasteiger partial charge in [-0.25, -0.2) is 4.68 Å². The van der Waals surface area contributed by atoms with Crippen molar-refractivity contribution in [1.82, 2.24) is 30.5 Å². The van der Waals surface area contributed by atoms with Gasteiger partial charge in [-0.05, 0) is 40.1 Å². The summed E-state index contributed by atoms with van der Waals surface area (Å²) in [4.78, 5) is 16.6. The van der Waals surface area contributed by atoms with Gasteiger partial charge in [0.1, 0.15) is 12.4 Å². The summed E-state index contributed by atoms with van der Waals surface area (Å²) >= 11 is 0. The number of amides is 1. The number of nitrogens with one attached hydrogen (secondary N) is 1. The van der Waals surface area contributed by atoms with Crippen molar-refractivity contribution in [2.75, 3.05) is 6.54 Å². The van der Waals surface area contributed by atoms with E-state index in [0.29, 0.717) is 13.0 Å². The third kappa shape index (κ3) is 4.22. The number of tetrazole rings is 1. The number of rotatable bonds is 7. The molecule has 1 unspecified atom stereocenters. The summed E-state index contributed by atoms with van der Waals surface area (Å²) in [5, 5.41) is 14.1. The lowest BCUT2D eigenvalue weighted by Crippen LogP contribution is -2.35. The topological polar surface area (TPSA) is 85.6 Å². The Morgan fingerprint density at radius 3 is 2.58 bits per heavy atom. The molecule has 3 aromatic rings. The molecule has 122 valence electrons. The van der Waals surface area contributed by atoms with Crippen LogP contribution in [-0.4, -0.2) is 37.6 Å². The Morgan fingerprint density at radius 1 is 1.08 bits per heavy atom.